The third-order valence-electron chi connectivity index (χ3n) is 2.39. The predicted molar refractivity (Wildman–Crippen MR) is 79.0 cm³/mol. The molecule has 0 atom stereocenters. The zero-order chi connectivity index (χ0) is 14.9. The van der Waals surface area contributed by atoms with Crippen LogP contribution in [-0.2, 0) is 10.0 Å². The van der Waals surface area contributed by atoms with Crippen LogP contribution >= 0.6 is 34.8 Å². The number of halogens is 3. The Labute approximate surface area is 131 Å². The van der Waals surface area contributed by atoms with E-state index in [1.807, 2.05) is 0 Å². The number of nitrogens with one attached hydrogen (secondary N) is 1. The fourth-order valence-electron chi connectivity index (χ4n) is 1.46. The Balaban J connectivity index is 2.44. The van der Waals surface area contributed by atoms with E-state index in [1.165, 1.54) is 24.4 Å². The molecular formula is C11H8Cl3N3O2S. The summed E-state index contributed by atoms with van der Waals surface area (Å²) in [5, 5.41) is 0.228. The van der Waals surface area contributed by atoms with Crippen LogP contribution in [0, 0.1) is 6.92 Å². The molecule has 2 rings (SSSR count). The Kier molecular flexibility index (Phi) is 4.39. The van der Waals surface area contributed by atoms with Crippen molar-refractivity contribution in [2.75, 3.05) is 4.72 Å². The fraction of sp³-hybridized carbons (Fsp3) is 0.0909. The summed E-state index contributed by atoms with van der Waals surface area (Å²) in [6.45, 7) is 1.66. The molecule has 0 unspecified atom stereocenters. The molecule has 2 aromatic heterocycles. The van der Waals surface area contributed by atoms with Crippen LogP contribution in [0.2, 0.25) is 15.5 Å². The lowest BCUT2D eigenvalue weighted by Gasteiger charge is -2.12. The van der Waals surface area contributed by atoms with E-state index < -0.39 is 10.0 Å². The van der Waals surface area contributed by atoms with E-state index in [1.54, 1.807) is 6.92 Å². The third-order valence-corrected chi connectivity index (χ3v) is 4.41. The number of sulfonamides is 1. The first-order chi connectivity index (χ1) is 9.29. The molecule has 0 bridgehead atoms. The maximum absolute atomic E-state index is 12.2. The van der Waals surface area contributed by atoms with Crippen molar-refractivity contribution in [1.82, 2.24) is 9.97 Å². The lowest BCUT2D eigenvalue weighted by Crippen LogP contribution is -2.14. The number of rotatable bonds is 3. The maximum atomic E-state index is 12.2. The molecule has 1 N–H and O–H groups in total. The summed E-state index contributed by atoms with van der Waals surface area (Å²) >= 11 is 17.3. The Morgan fingerprint density at radius 2 is 1.85 bits per heavy atom. The van der Waals surface area contributed by atoms with Crippen LogP contribution < -0.4 is 4.72 Å². The predicted octanol–water partition coefficient (Wildman–Crippen LogP) is 3.55. The van der Waals surface area contributed by atoms with E-state index in [0.717, 1.165) is 0 Å². The van der Waals surface area contributed by atoms with Gasteiger partial charge in [-0.05, 0) is 30.7 Å². The molecule has 2 aromatic rings. The number of aromatic nitrogens is 2. The first-order valence-electron chi connectivity index (χ1n) is 5.26. The zero-order valence-corrected chi connectivity index (χ0v) is 13.1. The number of nitrogens with zero attached hydrogens (tertiary/aromatic N) is 2. The Bertz CT molecular complexity index is 742. The molecule has 0 saturated heterocycles. The standard InChI is InChI=1S/C11H8Cl3N3O2S/c1-6-4-9(13)16-11(14)10(6)17-20(18,19)7-2-3-15-8(12)5-7/h2-5,17H,1H3. The number of aryl methyl sites for hydroxylation is 1. The largest absolute Gasteiger partial charge is 0.276 e. The summed E-state index contributed by atoms with van der Waals surface area (Å²) < 4.78 is 26.8. The Morgan fingerprint density at radius 1 is 1.15 bits per heavy atom. The molecule has 0 spiro atoms. The number of anilines is 1. The van der Waals surface area contributed by atoms with Crippen molar-refractivity contribution in [1.29, 1.82) is 0 Å². The Hall–Kier alpha value is -1.08. The van der Waals surface area contributed by atoms with Crippen LogP contribution in [-0.4, -0.2) is 18.4 Å². The molecule has 0 aliphatic rings. The minimum Gasteiger partial charge on any atom is -0.276 e. The maximum Gasteiger partial charge on any atom is 0.262 e. The Morgan fingerprint density at radius 3 is 2.45 bits per heavy atom. The second kappa shape index (κ2) is 5.73. The molecule has 0 fully saturated rings. The topological polar surface area (TPSA) is 72.0 Å². The zero-order valence-electron chi connectivity index (χ0n) is 10.1. The first-order valence-corrected chi connectivity index (χ1v) is 7.88. The molecule has 106 valence electrons. The van der Waals surface area contributed by atoms with Gasteiger partial charge in [-0.2, -0.15) is 0 Å². The lowest BCUT2D eigenvalue weighted by molar-refractivity contribution is 0.601. The average molecular weight is 353 g/mol. The fourth-order valence-corrected chi connectivity index (χ4v) is 3.49. The molecular weight excluding hydrogens is 345 g/mol. The van der Waals surface area contributed by atoms with Crippen LogP contribution in [0.25, 0.3) is 0 Å². The summed E-state index contributed by atoms with van der Waals surface area (Å²) in [7, 11) is -3.84. The van der Waals surface area contributed by atoms with Crippen molar-refractivity contribution in [2.45, 2.75) is 11.8 Å². The van der Waals surface area contributed by atoms with E-state index in [9.17, 15) is 8.42 Å². The molecule has 0 aliphatic carbocycles. The van der Waals surface area contributed by atoms with Crippen molar-refractivity contribution < 1.29 is 8.42 Å². The van der Waals surface area contributed by atoms with E-state index in [0.29, 0.717) is 5.56 Å². The van der Waals surface area contributed by atoms with Gasteiger partial charge in [0, 0.05) is 6.20 Å². The van der Waals surface area contributed by atoms with Gasteiger partial charge in [-0.25, -0.2) is 18.4 Å². The van der Waals surface area contributed by atoms with Gasteiger partial charge in [-0.15, -0.1) is 0 Å². The second-order valence-corrected chi connectivity index (χ2v) is 6.66. The van der Waals surface area contributed by atoms with Crippen LogP contribution in [0.3, 0.4) is 0 Å². The summed E-state index contributed by atoms with van der Waals surface area (Å²) in [6, 6.07) is 4.06. The molecule has 2 heterocycles. The number of hydrogen-bond donors (Lipinski definition) is 1. The highest BCUT2D eigenvalue weighted by Gasteiger charge is 2.18. The molecule has 20 heavy (non-hydrogen) atoms. The molecule has 0 radical (unpaired) electrons. The normalized spacial score (nSPS) is 11.4. The van der Waals surface area contributed by atoms with Crippen molar-refractivity contribution in [3.63, 3.8) is 0 Å². The molecule has 9 heteroatoms. The van der Waals surface area contributed by atoms with E-state index in [2.05, 4.69) is 14.7 Å². The molecule has 0 amide bonds. The first kappa shape index (κ1) is 15.3. The van der Waals surface area contributed by atoms with Gasteiger partial charge in [0.15, 0.2) is 5.15 Å². The third kappa shape index (κ3) is 3.32. The minimum atomic E-state index is -3.84. The van der Waals surface area contributed by atoms with Crippen LogP contribution in [0.1, 0.15) is 5.56 Å². The van der Waals surface area contributed by atoms with E-state index in [-0.39, 0.29) is 26.0 Å². The van der Waals surface area contributed by atoms with Crippen LogP contribution in [0.4, 0.5) is 5.69 Å². The smallest absolute Gasteiger partial charge is 0.262 e. The van der Waals surface area contributed by atoms with Gasteiger partial charge < -0.3 is 0 Å². The van der Waals surface area contributed by atoms with Gasteiger partial charge in [0.05, 0.1) is 10.6 Å². The van der Waals surface area contributed by atoms with Gasteiger partial charge in [-0.3, -0.25) is 4.72 Å². The SMILES string of the molecule is Cc1cc(Cl)nc(Cl)c1NS(=O)(=O)c1ccnc(Cl)c1. The highest BCUT2D eigenvalue weighted by molar-refractivity contribution is 7.92. The molecule has 0 saturated carbocycles. The van der Waals surface area contributed by atoms with Crippen LogP contribution in [0.5, 0.6) is 0 Å². The number of pyridine rings is 2. The van der Waals surface area contributed by atoms with E-state index in [4.69, 9.17) is 34.8 Å². The van der Waals surface area contributed by atoms with Gasteiger partial charge in [0.25, 0.3) is 10.0 Å². The van der Waals surface area contributed by atoms with Crippen molar-refractivity contribution in [2.24, 2.45) is 0 Å². The monoisotopic (exact) mass is 351 g/mol. The van der Waals surface area contributed by atoms with Crippen LogP contribution in [0.15, 0.2) is 29.3 Å². The summed E-state index contributed by atoms with van der Waals surface area (Å²) in [6.07, 6.45) is 1.30. The van der Waals surface area contributed by atoms with E-state index >= 15 is 0 Å². The highest BCUT2D eigenvalue weighted by Crippen LogP contribution is 2.28. The quantitative estimate of drug-likeness (QED) is 0.858. The van der Waals surface area contributed by atoms with Crippen molar-refractivity contribution in [3.05, 3.63) is 45.4 Å². The molecule has 0 aliphatic heterocycles. The minimum absolute atomic E-state index is 0.0251. The van der Waals surface area contributed by atoms with Crippen molar-refractivity contribution in [3.8, 4) is 0 Å². The van der Waals surface area contributed by atoms with Gasteiger partial charge in [-0.1, -0.05) is 34.8 Å². The average Bonchev–Trinajstić information content (AvgIpc) is 2.34. The summed E-state index contributed by atoms with van der Waals surface area (Å²) in [4.78, 5) is 7.49. The number of hydrogen-bond acceptors (Lipinski definition) is 4. The second-order valence-electron chi connectivity index (χ2n) is 3.85. The summed E-state index contributed by atoms with van der Waals surface area (Å²) in [5.41, 5.74) is 0.725. The van der Waals surface area contributed by atoms with Gasteiger partial charge >= 0.3 is 0 Å². The lowest BCUT2D eigenvalue weighted by atomic mass is 10.3. The summed E-state index contributed by atoms with van der Waals surface area (Å²) in [5.74, 6) is 0. The van der Waals surface area contributed by atoms with Gasteiger partial charge in [0.1, 0.15) is 10.3 Å². The van der Waals surface area contributed by atoms with Crippen molar-refractivity contribution >= 4 is 50.5 Å². The van der Waals surface area contributed by atoms with Gasteiger partial charge in [0.2, 0.25) is 0 Å². The molecule has 5 nitrogen and oxygen atoms in total. The molecule has 0 aromatic carbocycles. The highest BCUT2D eigenvalue weighted by atomic mass is 35.5.